The first-order valence-corrected chi connectivity index (χ1v) is 10.7. The molecule has 34 heavy (non-hydrogen) atoms. The van der Waals surface area contributed by atoms with E-state index in [1.54, 1.807) is 24.3 Å². The minimum absolute atomic E-state index is 0.0323. The van der Waals surface area contributed by atoms with Gasteiger partial charge in [0.2, 0.25) is 0 Å². The van der Waals surface area contributed by atoms with Crippen LogP contribution in [-0.4, -0.2) is 47.2 Å². The molecule has 0 unspecified atom stereocenters. The number of hydrogen-bond acceptors (Lipinski definition) is 4. The number of amides is 2. The van der Waals surface area contributed by atoms with Crippen LogP contribution in [0.2, 0.25) is 0 Å². The van der Waals surface area contributed by atoms with Crippen LogP contribution in [0.15, 0.2) is 53.5 Å². The van der Waals surface area contributed by atoms with Crippen molar-refractivity contribution in [2.45, 2.75) is 32.2 Å². The molecule has 0 atom stereocenters. The van der Waals surface area contributed by atoms with Gasteiger partial charge < -0.3 is 4.74 Å². The topological polar surface area (TPSA) is 45.1 Å². The summed E-state index contributed by atoms with van der Waals surface area (Å²) in [6, 6.07) is 10.4. The van der Waals surface area contributed by atoms with Crippen molar-refractivity contribution in [3.8, 4) is 5.75 Å². The zero-order valence-electron chi connectivity index (χ0n) is 17.5. The standard InChI is InChI=1S/C21H18F7N3O2S/c1-13-2-6-15(7-3-13)31-12-34-18(30(19(31)32)11-20(24,25)26)29-10-14-4-8-16(9-5-14)33-21(27,28)17(22)23/h2-9,17H,10-12H2,1H3. The van der Waals surface area contributed by atoms with Crippen molar-refractivity contribution in [3.63, 3.8) is 0 Å². The fraction of sp³-hybridized carbons (Fsp3) is 0.333. The second kappa shape index (κ2) is 10.1. The smallest absolute Gasteiger partial charge is 0.428 e. The van der Waals surface area contributed by atoms with Gasteiger partial charge in [0, 0.05) is 5.69 Å². The maximum atomic E-state index is 13.2. The summed E-state index contributed by atoms with van der Waals surface area (Å²) < 4.78 is 93.9. The molecule has 0 spiro atoms. The molecule has 0 bridgehead atoms. The number of hydrogen-bond donors (Lipinski definition) is 0. The molecule has 13 heteroatoms. The summed E-state index contributed by atoms with van der Waals surface area (Å²) in [4.78, 5) is 18.7. The highest BCUT2D eigenvalue weighted by atomic mass is 32.2. The minimum Gasteiger partial charge on any atom is -0.428 e. The lowest BCUT2D eigenvalue weighted by Gasteiger charge is -2.36. The number of aliphatic imine (C=N–C) groups is 1. The normalized spacial score (nSPS) is 16.5. The first-order chi connectivity index (χ1) is 15.9. The molecular weight excluding hydrogens is 491 g/mol. The van der Waals surface area contributed by atoms with Crippen LogP contribution in [0.3, 0.4) is 0 Å². The van der Waals surface area contributed by atoms with Crippen molar-refractivity contribution in [3.05, 3.63) is 59.7 Å². The largest absolute Gasteiger partial charge is 0.461 e. The van der Waals surface area contributed by atoms with Crippen molar-refractivity contribution in [1.82, 2.24) is 4.90 Å². The SMILES string of the molecule is Cc1ccc(N2CSC(=NCc3ccc(OC(F)(F)C(F)F)cc3)N(CC(F)(F)F)C2=O)cc1. The molecule has 1 saturated heterocycles. The number of carbonyl (C=O) groups is 1. The van der Waals surface area contributed by atoms with Crippen molar-refractivity contribution >= 4 is 28.6 Å². The average molecular weight is 509 g/mol. The number of urea groups is 1. The van der Waals surface area contributed by atoms with E-state index in [0.29, 0.717) is 16.2 Å². The lowest BCUT2D eigenvalue weighted by atomic mass is 10.2. The highest BCUT2D eigenvalue weighted by molar-refractivity contribution is 8.14. The number of halogens is 7. The summed E-state index contributed by atoms with van der Waals surface area (Å²) >= 11 is 0.930. The molecule has 0 N–H and O–H groups in total. The van der Waals surface area contributed by atoms with Crippen molar-refractivity contribution in [2.24, 2.45) is 4.99 Å². The molecule has 3 rings (SSSR count). The number of ether oxygens (including phenoxy) is 1. The summed E-state index contributed by atoms with van der Waals surface area (Å²) in [6.45, 7) is 0.107. The molecule has 1 aliphatic rings. The van der Waals surface area contributed by atoms with Gasteiger partial charge in [0.05, 0.1) is 12.4 Å². The van der Waals surface area contributed by atoms with Crippen LogP contribution < -0.4 is 9.64 Å². The Morgan fingerprint density at radius 1 is 1.03 bits per heavy atom. The van der Waals surface area contributed by atoms with E-state index in [4.69, 9.17) is 0 Å². The third kappa shape index (κ3) is 6.55. The Morgan fingerprint density at radius 3 is 2.21 bits per heavy atom. The summed E-state index contributed by atoms with van der Waals surface area (Å²) in [6.07, 6.45) is -13.4. The lowest BCUT2D eigenvalue weighted by molar-refractivity contribution is -0.253. The number of benzene rings is 2. The number of nitrogens with zero attached hydrogens (tertiary/aromatic N) is 3. The summed E-state index contributed by atoms with van der Waals surface area (Å²) in [5.41, 5.74) is 1.73. The van der Waals surface area contributed by atoms with Crippen LogP contribution in [0.5, 0.6) is 5.75 Å². The first-order valence-electron chi connectivity index (χ1n) is 9.69. The zero-order valence-corrected chi connectivity index (χ0v) is 18.3. The van der Waals surface area contributed by atoms with E-state index in [9.17, 15) is 35.5 Å². The van der Waals surface area contributed by atoms with Gasteiger partial charge in [0.25, 0.3) is 0 Å². The molecule has 184 valence electrons. The summed E-state index contributed by atoms with van der Waals surface area (Å²) in [5.74, 6) is -0.485. The molecule has 5 nitrogen and oxygen atoms in total. The zero-order chi connectivity index (χ0) is 25.1. The van der Waals surface area contributed by atoms with Gasteiger partial charge in [-0.2, -0.15) is 30.7 Å². The number of carbonyl (C=O) groups excluding carboxylic acids is 1. The van der Waals surface area contributed by atoms with Gasteiger partial charge in [-0.3, -0.25) is 14.8 Å². The Hall–Kier alpha value is -2.96. The molecule has 2 aromatic carbocycles. The van der Waals surface area contributed by atoms with Gasteiger partial charge >= 0.3 is 24.7 Å². The molecular formula is C21H18F7N3O2S. The molecule has 1 heterocycles. The van der Waals surface area contributed by atoms with E-state index >= 15 is 0 Å². The van der Waals surface area contributed by atoms with Crippen LogP contribution in [0.4, 0.5) is 41.2 Å². The summed E-state index contributed by atoms with van der Waals surface area (Å²) in [5, 5.41) is -0.157. The number of alkyl halides is 7. The highest BCUT2D eigenvalue weighted by Crippen LogP contribution is 2.30. The van der Waals surface area contributed by atoms with Gasteiger partial charge in [0.15, 0.2) is 5.17 Å². The quantitative estimate of drug-likeness (QED) is 0.413. The second-order valence-electron chi connectivity index (χ2n) is 7.23. The molecule has 0 saturated carbocycles. The van der Waals surface area contributed by atoms with Gasteiger partial charge in [0.1, 0.15) is 12.3 Å². The van der Waals surface area contributed by atoms with E-state index in [2.05, 4.69) is 9.73 Å². The second-order valence-corrected chi connectivity index (χ2v) is 8.14. The third-order valence-corrected chi connectivity index (χ3v) is 5.52. The van der Waals surface area contributed by atoms with Crippen LogP contribution >= 0.6 is 11.8 Å². The predicted molar refractivity (Wildman–Crippen MR) is 113 cm³/mol. The van der Waals surface area contributed by atoms with Crippen molar-refractivity contribution in [2.75, 3.05) is 17.3 Å². The fourth-order valence-electron chi connectivity index (χ4n) is 2.86. The van der Waals surface area contributed by atoms with E-state index in [0.717, 1.165) is 29.5 Å². The average Bonchev–Trinajstić information content (AvgIpc) is 2.75. The fourth-order valence-corrected chi connectivity index (χ4v) is 3.82. The number of thioether (sulfide) groups is 1. The van der Waals surface area contributed by atoms with E-state index < -0.39 is 37.0 Å². The maximum absolute atomic E-state index is 13.2. The van der Waals surface area contributed by atoms with Gasteiger partial charge in [-0.15, -0.1) is 0 Å². The Bertz CT molecular complexity index is 1030. The number of amidine groups is 1. The molecule has 2 aromatic rings. The van der Waals surface area contributed by atoms with Gasteiger partial charge in [-0.05, 0) is 36.8 Å². The van der Waals surface area contributed by atoms with E-state index in [1.165, 1.54) is 17.0 Å². The van der Waals surface area contributed by atoms with Crippen LogP contribution in [0.25, 0.3) is 0 Å². The highest BCUT2D eigenvalue weighted by Gasteiger charge is 2.44. The number of rotatable bonds is 7. The number of anilines is 1. The lowest BCUT2D eigenvalue weighted by Crippen LogP contribution is -2.53. The van der Waals surface area contributed by atoms with Crippen LogP contribution in [0, 0.1) is 6.92 Å². The van der Waals surface area contributed by atoms with Crippen LogP contribution in [0.1, 0.15) is 11.1 Å². The molecule has 0 aliphatic carbocycles. The van der Waals surface area contributed by atoms with Gasteiger partial charge in [-0.25, -0.2) is 4.79 Å². The van der Waals surface area contributed by atoms with Gasteiger partial charge in [-0.1, -0.05) is 41.6 Å². The molecule has 0 aromatic heterocycles. The Labute approximate surface area is 194 Å². The molecule has 1 fully saturated rings. The minimum atomic E-state index is -4.68. The van der Waals surface area contributed by atoms with E-state index in [1.807, 2.05) is 6.92 Å². The van der Waals surface area contributed by atoms with Crippen LogP contribution in [-0.2, 0) is 6.54 Å². The Kier molecular flexibility index (Phi) is 7.64. The molecule has 1 aliphatic heterocycles. The molecule has 0 radical (unpaired) electrons. The maximum Gasteiger partial charge on any atom is 0.461 e. The number of aryl methyl sites for hydroxylation is 1. The van der Waals surface area contributed by atoms with Crippen molar-refractivity contribution in [1.29, 1.82) is 0 Å². The van der Waals surface area contributed by atoms with Crippen molar-refractivity contribution < 1.29 is 40.3 Å². The first kappa shape index (κ1) is 25.7. The Morgan fingerprint density at radius 2 is 1.65 bits per heavy atom. The predicted octanol–water partition coefficient (Wildman–Crippen LogP) is 6.28. The van der Waals surface area contributed by atoms with E-state index in [-0.39, 0.29) is 17.6 Å². The molecule has 2 amide bonds. The monoisotopic (exact) mass is 509 g/mol. The summed E-state index contributed by atoms with van der Waals surface area (Å²) in [7, 11) is 0. The third-order valence-electron chi connectivity index (χ3n) is 4.53. The Balaban J connectivity index is 1.76.